The van der Waals surface area contributed by atoms with Crippen LogP contribution in [0.25, 0.3) is 11.1 Å². The fraction of sp³-hybridized carbons (Fsp3) is 0.0323. The van der Waals surface area contributed by atoms with Gasteiger partial charge in [-0.25, -0.2) is 0 Å². The highest BCUT2D eigenvalue weighted by Crippen LogP contribution is 2.55. The molecule has 1 aliphatic heterocycles. The van der Waals surface area contributed by atoms with Crippen molar-refractivity contribution in [2.75, 3.05) is 0 Å². The lowest BCUT2D eigenvalue weighted by atomic mass is 9.63. The molecule has 6 rings (SSSR count). The van der Waals surface area contributed by atoms with Crippen molar-refractivity contribution in [1.82, 2.24) is 0 Å². The largest absolute Gasteiger partial charge is 0.457 e. The quantitative estimate of drug-likeness (QED) is 0.242. The molecule has 0 saturated heterocycles. The Morgan fingerprint density at radius 1 is 0.485 bits per heavy atom. The molecule has 0 spiro atoms. The molecule has 2 heteroatoms. The normalized spacial score (nSPS) is 13.5. The van der Waals surface area contributed by atoms with Gasteiger partial charge in [0, 0.05) is 15.6 Å². The second kappa shape index (κ2) is 8.06. The van der Waals surface area contributed by atoms with E-state index >= 15 is 0 Å². The summed E-state index contributed by atoms with van der Waals surface area (Å²) in [5.41, 5.74) is 6.61. The van der Waals surface area contributed by atoms with Gasteiger partial charge in [0.25, 0.3) is 0 Å². The number of para-hydroxylation sites is 1. The minimum Gasteiger partial charge on any atom is -0.457 e. The van der Waals surface area contributed by atoms with Gasteiger partial charge in [0.1, 0.15) is 11.5 Å². The van der Waals surface area contributed by atoms with Crippen molar-refractivity contribution in [3.05, 3.63) is 154 Å². The van der Waals surface area contributed by atoms with E-state index in [4.69, 9.17) is 4.74 Å². The average Bonchev–Trinajstić information content (AvgIpc) is 2.88. The van der Waals surface area contributed by atoms with Crippen molar-refractivity contribution in [2.24, 2.45) is 0 Å². The molecule has 0 radical (unpaired) electrons. The van der Waals surface area contributed by atoms with Crippen molar-refractivity contribution in [3.8, 4) is 22.6 Å². The molecule has 1 heterocycles. The average molecular weight is 489 g/mol. The topological polar surface area (TPSA) is 9.23 Å². The first-order valence-electron chi connectivity index (χ1n) is 11.1. The van der Waals surface area contributed by atoms with E-state index in [-0.39, 0.29) is 0 Å². The van der Waals surface area contributed by atoms with Crippen LogP contribution in [0.2, 0.25) is 0 Å². The summed E-state index contributed by atoms with van der Waals surface area (Å²) in [6.45, 7) is 0. The summed E-state index contributed by atoms with van der Waals surface area (Å²) in [5.74, 6) is 1.79. The molecule has 1 nitrogen and oxygen atoms in total. The molecule has 0 saturated carbocycles. The molecule has 0 N–H and O–H groups in total. The highest BCUT2D eigenvalue weighted by atomic mass is 79.9. The van der Waals surface area contributed by atoms with Crippen LogP contribution in [0.1, 0.15) is 22.3 Å². The first-order chi connectivity index (χ1) is 16.3. The SMILES string of the molecule is Brc1ccc(-c2ccc3c(c2)C(c2ccccc2)(c2ccccc2)c2ccccc2O3)cc1. The monoisotopic (exact) mass is 488 g/mol. The lowest BCUT2D eigenvalue weighted by Crippen LogP contribution is -2.34. The summed E-state index contributed by atoms with van der Waals surface area (Å²) in [6, 6.07) is 45.0. The van der Waals surface area contributed by atoms with E-state index < -0.39 is 5.41 Å². The summed E-state index contributed by atoms with van der Waals surface area (Å²) in [6.07, 6.45) is 0. The number of benzene rings is 5. The highest BCUT2D eigenvalue weighted by Gasteiger charge is 2.45. The molecular weight excluding hydrogens is 468 g/mol. The van der Waals surface area contributed by atoms with Crippen molar-refractivity contribution < 1.29 is 4.74 Å². The van der Waals surface area contributed by atoms with Gasteiger partial charge in [-0.2, -0.15) is 0 Å². The van der Waals surface area contributed by atoms with Crippen molar-refractivity contribution in [1.29, 1.82) is 0 Å². The number of rotatable bonds is 3. The Labute approximate surface area is 202 Å². The zero-order chi connectivity index (χ0) is 22.3. The Hall–Kier alpha value is -3.62. The van der Waals surface area contributed by atoms with Gasteiger partial charge in [-0.3, -0.25) is 0 Å². The Morgan fingerprint density at radius 3 is 1.70 bits per heavy atom. The van der Waals surface area contributed by atoms with Gasteiger partial charge >= 0.3 is 0 Å². The molecule has 0 aliphatic carbocycles. The maximum Gasteiger partial charge on any atom is 0.132 e. The first-order valence-corrected chi connectivity index (χ1v) is 11.8. The van der Waals surface area contributed by atoms with Crippen LogP contribution in [0.3, 0.4) is 0 Å². The summed E-state index contributed by atoms with van der Waals surface area (Å²) in [5, 5.41) is 0. The summed E-state index contributed by atoms with van der Waals surface area (Å²) in [4.78, 5) is 0. The third-order valence-corrected chi connectivity index (χ3v) is 7.01. The Morgan fingerprint density at radius 2 is 1.03 bits per heavy atom. The molecular formula is C31H21BrO. The van der Waals surface area contributed by atoms with E-state index in [0.717, 1.165) is 27.1 Å². The van der Waals surface area contributed by atoms with E-state index in [9.17, 15) is 0 Å². The van der Waals surface area contributed by atoms with Gasteiger partial charge in [0.15, 0.2) is 0 Å². The second-order valence-electron chi connectivity index (χ2n) is 8.30. The molecule has 0 aromatic heterocycles. The van der Waals surface area contributed by atoms with E-state index in [0.29, 0.717) is 0 Å². The molecule has 33 heavy (non-hydrogen) atoms. The molecule has 0 bridgehead atoms. The molecule has 0 unspecified atom stereocenters. The number of fused-ring (bicyclic) bond motifs is 2. The lowest BCUT2D eigenvalue weighted by molar-refractivity contribution is 0.434. The molecule has 5 aromatic rings. The fourth-order valence-electron chi connectivity index (χ4n) is 5.03. The Balaban J connectivity index is 1.72. The van der Waals surface area contributed by atoms with Gasteiger partial charge in [0.05, 0.1) is 5.41 Å². The van der Waals surface area contributed by atoms with Crippen LogP contribution in [0.5, 0.6) is 11.5 Å². The van der Waals surface area contributed by atoms with Crippen molar-refractivity contribution in [3.63, 3.8) is 0 Å². The van der Waals surface area contributed by atoms with E-state index in [2.05, 4.69) is 137 Å². The van der Waals surface area contributed by atoms with Gasteiger partial charge in [-0.15, -0.1) is 0 Å². The van der Waals surface area contributed by atoms with Gasteiger partial charge in [0.2, 0.25) is 0 Å². The zero-order valence-corrected chi connectivity index (χ0v) is 19.5. The first kappa shape index (κ1) is 20.0. The number of ether oxygens (including phenoxy) is 1. The van der Waals surface area contributed by atoms with E-state index in [1.165, 1.54) is 22.3 Å². The fourth-order valence-corrected chi connectivity index (χ4v) is 5.29. The van der Waals surface area contributed by atoms with Crippen LogP contribution >= 0.6 is 15.9 Å². The van der Waals surface area contributed by atoms with Crippen LogP contribution < -0.4 is 4.74 Å². The van der Waals surface area contributed by atoms with E-state index in [1.54, 1.807) is 0 Å². The minimum atomic E-state index is -0.488. The zero-order valence-electron chi connectivity index (χ0n) is 17.9. The summed E-state index contributed by atoms with van der Waals surface area (Å²) >= 11 is 3.56. The van der Waals surface area contributed by atoms with Crippen LogP contribution in [0.15, 0.2) is 132 Å². The third-order valence-electron chi connectivity index (χ3n) is 6.49. The molecule has 1 aliphatic rings. The van der Waals surface area contributed by atoms with Gasteiger partial charge in [-0.05, 0) is 52.6 Å². The Bertz CT molecular complexity index is 1380. The summed E-state index contributed by atoms with van der Waals surface area (Å²) < 4.78 is 7.55. The standard InChI is InChI=1S/C31H21BrO/c32-26-18-15-22(16-19-26)23-17-20-30-28(21-23)31(24-9-3-1-4-10-24,25-11-5-2-6-12-25)27-13-7-8-14-29(27)33-30/h1-21H. The van der Waals surface area contributed by atoms with E-state index in [1.807, 2.05) is 6.07 Å². The highest BCUT2D eigenvalue weighted by molar-refractivity contribution is 9.10. The molecule has 0 atom stereocenters. The number of hydrogen-bond donors (Lipinski definition) is 0. The lowest BCUT2D eigenvalue weighted by Gasteiger charge is -2.41. The maximum atomic E-state index is 6.48. The van der Waals surface area contributed by atoms with Crippen LogP contribution in [0, 0.1) is 0 Å². The predicted molar refractivity (Wildman–Crippen MR) is 138 cm³/mol. The van der Waals surface area contributed by atoms with Crippen LogP contribution in [-0.4, -0.2) is 0 Å². The molecule has 0 fully saturated rings. The number of hydrogen-bond acceptors (Lipinski definition) is 1. The third kappa shape index (κ3) is 3.21. The van der Waals surface area contributed by atoms with Crippen molar-refractivity contribution >= 4 is 15.9 Å². The van der Waals surface area contributed by atoms with Gasteiger partial charge in [-0.1, -0.05) is 113 Å². The van der Waals surface area contributed by atoms with Gasteiger partial charge < -0.3 is 4.74 Å². The molecule has 0 amide bonds. The Kier molecular flexibility index (Phi) is 4.89. The minimum absolute atomic E-state index is 0.488. The smallest absolute Gasteiger partial charge is 0.132 e. The summed E-state index contributed by atoms with van der Waals surface area (Å²) in [7, 11) is 0. The molecule has 5 aromatic carbocycles. The van der Waals surface area contributed by atoms with Crippen LogP contribution in [0.4, 0.5) is 0 Å². The molecule has 158 valence electrons. The van der Waals surface area contributed by atoms with Crippen LogP contribution in [-0.2, 0) is 5.41 Å². The van der Waals surface area contributed by atoms with Crippen molar-refractivity contribution in [2.45, 2.75) is 5.41 Å². The predicted octanol–water partition coefficient (Wildman–Crippen LogP) is 8.60. The number of halogens is 1. The maximum absolute atomic E-state index is 6.48. The second-order valence-corrected chi connectivity index (χ2v) is 9.21.